The highest BCUT2D eigenvalue weighted by atomic mass is 19.4. The van der Waals surface area contributed by atoms with Gasteiger partial charge in [0.2, 0.25) is 41.4 Å². The van der Waals surface area contributed by atoms with E-state index in [9.17, 15) is 56.3 Å². The van der Waals surface area contributed by atoms with Crippen molar-refractivity contribution < 1.29 is 55.9 Å². The van der Waals surface area contributed by atoms with E-state index in [1.807, 2.05) is 0 Å². The lowest BCUT2D eigenvalue weighted by Gasteiger charge is -2.28. The third-order valence-electron chi connectivity index (χ3n) is 7.16. The van der Waals surface area contributed by atoms with Crippen molar-refractivity contribution in [3.63, 3.8) is 0 Å². The number of nitrogens with two attached hydrogens (primary N) is 4. The number of rotatable bonds is 17. The summed E-state index contributed by atoms with van der Waals surface area (Å²) >= 11 is 0. The van der Waals surface area contributed by atoms with E-state index in [0.29, 0.717) is 0 Å². The number of anilines is 1. The van der Waals surface area contributed by atoms with Gasteiger partial charge < -0.3 is 48.6 Å². The second kappa shape index (κ2) is 17.1. The monoisotopic (exact) mass is 726 g/mol. The number of halogens is 3. The normalized spacial score (nSPS) is 13.7. The molecule has 21 heteroatoms. The van der Waals surface area contributed by atoms with E-state index in [2.05, 4.69) is 21.3 Å². The zero-order chi connectivity index (χ0) is 39.0. The van der Waals surface area contributed by atoms with Crippen LogP contribution in [0.2, 0.25) is 0 Å². The Labute approximate surface area is 286 Å². The number of amides is 7. The number of carbonyl (C=O) groups is 8. The minimum Gasteiger partial charge on any atom is -0.422 e. The van der Waals surface area contributed by atoms with Crippen molar-refractivity contribution in [2.24, 2.45) is 23.1 Å². The van der Waals surface area contributed by atoms with Crippen LogP contribution < -0.4 is 49.8 Å². The highest BCUT2D eigenvalue weighted by Crippen LogP contribution is 2.37. The van der Waals surface area contributed by atoms with Crippen LogP contribution in [-0.2, 0) is 39.7 Å². The van der Waals surface area contributed by atoms with E-state index < -0.39 is 137 Å². The van der Waals surface area contributed by atoms with Gasteiger partial charge in [0.1, 0.15) is 35.3 Å². The lowest BCUT2D eigenvalue weighted by atomic mass is 9.94. The van der Waals surface area contributed by atoms with Gasteiger partial charge >= 0.3 is 11.8 Å². The number of primary amides is 3. The third kappa shape index (κ3) is 11.5. The van der Waals surface area contributed by atoms with Gasteiger partial charge in [-0.2, -0.15) is 13.2 Å². The molecule has 0 aliphatic carbocycles. The van der Waals surface area contributed by atoms with Gasteiger partial charge in [-0.1, -0.05) is 13.8 Å². The van der Waals surface area contributed by atoms with Crippen LogP contribution in [0.25, 0.3) is 11.0 Å². The van der Waals surface area contributed by atoms with Crippen LogP contribution in [0.1, 0.15) is 62.4 Å². The molecule has 4 atom stereocenters. The maximum absolute atomic E-state index is 14.3. The minimum absolute atomic E-state index is 0.0619. The van der Waals surface area contributed by atoms with Gasteiger partial charge in [-0.3, -0.25) is 38.4 Å². The summed E-state index contributed by atoms with van der Waals surface area (Å²) in [5.41, 5.74) is 15.4. The highest BCUT2D eigenvalue weighted by molar-refractivity contribution is 6.07. The fourth-order valence-electron chi connectivity index (χ4n) is 4.85. The molecule has 0 unspecified atom stereocenters. The van der Waals surface area contributed by atoms with Crippen molar-refractivity contribution >= 4 is 63.8 Å². The smallest absolute Gasteiger partial charge is 0.418 e. The van der Waals surface area contributed by atoms with E-state index in [0.717, 1.165) is 25.1 Å². The average Bonchev–Trinajstić information content (AvgIpc) is 2.98. The van der Waals surface area contributed by atoms with E-state index >= 15 is 0 Å². The Hall–Kier alpha value is -6.02. The summed E-state index contributed by atoms with van der Waals surface area (Å²) in [7, 11) is 0. The van der Waals surface area contributed by atoms with Gasteiger partial charge in [-0.05, 0) is 24.5 Å². The van der Waals surface area contributed by atoms with Crippen LogP contribution in [0.5, 0.6) is 0 Å². The summed E-state index contributed by atoms with van der Waals surface area (Å²) in [4.78, 5) is 113. The van der Waals surface area contributed by atoms with Gasteiger partial charge in [0, 0.05) is 30.5 Å². The third-order valence-corrected chi connectivity index (χ3v) is 7.16. The number of nitrogen functional groups attached to an aromatic ring is 1. The predicted octanol–water partition coefficient (Wildman–Crippen LogP) is -1.79. The molecule has 278 valence electrons. The summed E-state index contributed by atoms with van der Waals surface area (Å²) in [6.45, 7) is 3.84. The molecule has 18 nitrogen and oxygen atoms in total. The van der Waals surface area contributed by atoms with Crippen molar-refractivity contribution in [1.82, 2.24) is 21.3 Å². The van der Waals surface area contributed by atoms with Crippen LogP contribution in [-0.4, -0.2) is 71.3 Å². The van der Waals surface area contributed by atoms with Crippen LogP contribution in [0.15, 0.2) is 27.4 Å². The van der Waals surface area contributed by atoms with Crippen molar-refractivity contribution in [2.45, 2.75) is 76.8 Å². The van der Waals surface area contributed by atoms with E-state index in [-0.39, 0.29) is 5.69 Å². The second-order valence-corrected chi connectivity index (χ2v) is 11.7. The molecule has 12 N–H and O–H groups in total. The molecule has 1 aromatic heterocycles. The molecule has 0 bridgehead atoms. The van der Waals surface area contributed by atoms with Gasteiger partial charge in [0.05, 0.1) is 18.4 Å². The van der Waals surface area contributed by atoms with E-state index in [1.165, 1.54) is 13.8 Å². The molecule has 7 amide bonds. The average molecular weight is 727 g/mol. The molecule has 2 aromatic rings. The molecule has 0 fully saturated rings. The number of benzene rings is 1. The summed E-state index contributed by atoms with van der Waals surface area (Å²) < 4.78 is 48.0. The molecule has 0 saturated carbocycles. The lowest BCUT2D eigenvalue weighted by Crippen LogP contribution is -2.59. The Morgan fingerprint density at radius 3 is 1.84 bits per heavy atom. The molecule has 0 aliphatic rings. The van der Waals surface area contributed by atoms with Crippen molar-refractivity contribution in [2.75, 3.05) is 5.73 Å². The molecule has 51 heavy (non-hydrogen) atoms. The van der Waals surface area contributed by atoms with Crippen LogP contribution in [0.3, 0.4) is 0 Å². The molecule has 2 rings (SSSR count). The maximum Gasteiger partial charge on any atom is 0.418 e. The molecule has 1 aromatic carbocycles. The van der Waals surface area contributed by atoms with Gasteiger partial charge in [0.15, 0.2) is 5.78 Å². The largest absolute Gasteiger partial charge is 0.422 e. The minimum atomic E-state index is -5.33. The summed E-state index contributed by atoms with van der Waals surface area (Å²) in [5, 5.41) is 8.02. The SMILES string of the molecule is CC(=O)N[C@@H](CC(N)=O)C(=O)N[C@@H](CCC(N)=O)C(=O)N[C@H](C(=O)N[C@@H](CC(N)=O)C(=O)c1c(C(F)(F)F)c2ccc(N)cc2oc1=O)C(C)C. The first-order valence-electron chi connectivity index (χ1n) is 15.0. The number of hydrogen-bond donors (Lipinski definition) is 8. The van der Waals surface area contributed by atoms with Crippen molar-refractivity contribution in [3.8, 4) is 0 Å². The predicted molar refractivity (Wildman–Crippen MR) is 171 cm³/mol. The zero-order valence-corrected chi connectivity index (χ0v) is 27.5. The van der Waals surface area contributed by atoms with Crippen molar-refractivity contribution in [3.05, 3.63) is 39.7 Å². The molecular weight excluding hydrogens is 689 g/mol. The van der Waals surface area contributed by atoms with Crippen molar-refractivity contribution in [1.29, 1.82) is 0 Å². The number of fused-ring (bicyclic) bond motifs is 1. The van der Waals surface area contributed by atoms with Crippen LogP contribution in [0.4, 0.5) is 18.9 Å². The maximum atomic E-state index is 14.3. The first-order chi connectivity index (χ1) is 23.5. The first-order valence-corrected chi connectivity index (χ1v) is 15.0. The molecule has 0 saturated heterocycles. The van der Waals surface area contributed by atoms with Gasteiger partial charge in [0.25, 0.3) is 0 Å². The van der Waals surface area contributed by atoms with Crippen LogP contribution in [0, 0.1) is 5.92 Å². The number of nitrogens with one attached hydrogen (secondary N) is 4. The fraction of sp³-hybridized carbons (Fsp3) is 0.433. The standard InChI is InChI=1S/C30H37F3N8O10/c1-11(2)24(41-26(47)15(6-7-19(35)43)39-27(48)17(10-21(37)45)38-12(3)42)28(49)40-16(9-20(36)44)25(46)22-23(30(31,32)33)14-5-4-13(34)8-18(14)51-29(22)50/h4-5,8,11,15-17,24H,6-7,9-10,34H2,1-3H3,(H2,35,43)(H2,36,44)(H2,37,45)(H,38,42)(H,39,48)(H,40,49)(H,41,47)/t15-,16-,17-,24-/m0/s1. The Kier molecular flexibility index (Phi) is 13.8. The number of alkyl halides is 3. The fourth-order valence-corrected chi connectivity index (χ4v) is 4.85. The Bertz CT molecular complexity index is 1780. The lowest BCUT2D eigenvalue weighted by molar-refractivity contribution is -0.137. The number of carbonyl (C=O) groups excluding carboxylic acids is 8. The number of Topliss-reactive ketones (excluding diaryl/α,β-unsaturated/α-hetero) is 1. The van der Waals surface area contributed by atoms with Crippen LogP contribution >= 0.6 is 0 Å². The molecule has 1 heterocycles. The summed E-state index contributed by atoms with van der Waals surface area (Å²) in [6, 6.07) is -4.14. The number of ketones is 1. The highest BCUT2D eigenvalue weighted by Gasteiger charge is 2.42. The Morgan fingerprint density at radius 2 is 1.33 bits per heavy atom. The quantitative estimate of drug-likeness (QED) is 0.0511. The topological polar surface area (TPSA) is 319 Å². The molecule has 0 radical (unpaired) electrons. The molecule has 0 spiro atoms. The van der Waals surface area contributed by atoms with Gasteiger partial charge in [-0.25, -0.2) is 4.79 Å². The summed E-state index contributed by atoms with van der Waals surface area (Å²) in [5.74, 6) is -9.89. The molecule has 0 aliphatic heterocycles. The molecular formula is C30H37F3N8O10. The first kappa shape index (κ1) is 41.2. The van der Waals surface area contributed by atoms with E-state index in [4.69, 9.17) is 27.4 Å². The van der Waals surface area contributed by atoms with E-state index in [1.54, 1.807) is 0 Å². The second-order valence-electron chi connectivity index (χ2n) is 11.7. The summed E-state index contributed by atoms with van der Waals surface area (Å²) in [6.07, 6.45) is -8.03. The number of hydrogen-bond acceptors (Lipinski definition) is 11. The van der Waals surface area contributed by atoms with Gasteiger partial charge in [-0.15, -0.1) is 0 Å². The Balaban J connectivity index is 2.49. The Morgan fingerprint density at radius 1 is 0.784 bits per heavy atom. The zero-order valence-electron chi connectivity index (χ0n) is 27.5.